The van der Waals surface area contributed by atoms with Gasteiger partial charge in [0.15, 0.2) is 10.1 Å². The number of hydrazone groups is 1. The molecule has 0 aliphatic heterocycles. The topological polar surface area (TPSA) is 112 Å². The van der Waals surface area contributed by atoms with Crippen LogP contribution in [-0.2, 0) is 10.1 Å². The van der Waals surface area contributed by atoms with Crippen molar-refractivity contribution in [2.75, 3.05) is 0 Å². The van der Waals surface area contributed by atoms with E-state index in [1.165, 1.54) is 12.1 Å². The Morgan fingerprint density at radius 2 is 2.04 bits per heavy atom. The van der Waals surface area contributed by atoms with E-state index in [0.717, 1.165) is 17.8 Å². The zero-order chi connectivity index (χ0) is 16.3. The monoisotopic (exact) mass is 364 g/mol. The molecule has 116 valence electrons. The molecule has 0 aliphatic rings. The number of aryl methyl sites for hydroxylation is 1. The summed E-state index contributed by atoms with van der Waals surface area (Å²) in [7, 11) is -4.66. The number of carbonyl (C=O) groups excluding carboxylic acids is 1. The van der Waals surface area contributed by atoms with Crippen LogP contribution in [0.5, 0.6) is 0 Å². The summed E-state index contributed by atoms with van der Waals surface area (Å²) in [6, 6.07) is 7.02. The van der Waals surface area contributed by atoms with E-state index >= 15 is 0 Å². The van der Waals surface area contributed by atoms with Crippen molar-refractivity contribution in [3.8, 4) is 0 Å². The Balaban J connectivity index is 0.00000264. The molecule has 10 heteroatoms. The number of hydrogen-bond donors (Lipinski definition) is 1. The van der Waals surface area contributed by atoms with E-state index in [1.807, 2.05) is 0 Å². The van der Waals surface area contributed by atoms with Crippen LogP contribution in [0.25, 0.3) is 0 Å². The normalized spacial score (nSPS) is 11.3. The van der Waals surface area contributed by atoms with Gasteiger partial charge in [-0.25, -0.2) is 13.8 Å². The van der Waals surface area contributed by atoms with Crippen LogP contribution in [-0.4, -0.2) is 25.1 Å². The number of benzene rings is 1. The fourth-order valence-electron chi connectivity index (χ4n) is 1.49. The summed E-state index contributed by atoms with van der Waals surface area (Å²) in [5.74, 6) is -0.488. The van der Waals surface area contributed by atoms with Crippen LogP contribution in [0.15, 0.2) is 44.9 Å². The predicted molar refractivity (Wildman–Crippen MR) is 77.9 cm³/mol. The molecular weight excluding hydrogens is 355 g/mol. The van der Waals surface area contributed by atoms with E-state index in [2.05, 4.69) is 10.5 Å². The molecular formula is C13H10ClN2NaO5S. The second kappa shape index (κ2) is 8.09. The summed E-state index contributed by atoms with van der Waals surface area (Å²) in [5, 5.41) is 3.34. The van der Waals surface area contributed by atoms with Crippen LogP contribution in [0.3, 0.4) is 0 Å². The molecule has 0 aliphatic carbocycles. The molecule has 2 aromatic rings. The molecule has 0 unspecified atom stereocenters. The Morgan fingerprint density at radius 3 is 2.61 bits per heavy atom. The van der Waals surface area contributed by atoms with Crippen molar-refractivity contribution in [3.63, 3.8) is 0 Å². The summed E-state index contributed by atoms with van der Waals surface area (Å²) in [4.78, 5) is 11.8. The number of nitrogens with one attached hydrogen (secondary N) is 1. The van der Waals surface area contributed by atoms with Crippen LogP contribution in [0.4, 0.5) is 0 Å². The molecule has 1 heterocycles. The smallest absolute Gasteiger partial charge is 0.742 e. The Bertz CT molecular complexity index is 848. The van der Waals surface area contributed by atoms with E-state index in [4.69, 9.17) is 16.0 Å². The second-order valence-corrected chi connectivity index (χ2v) is 5.99. The first-order chi connectivity index (χ1) is 10.3. The van der Waals surface area contributed by atoms with E-state index in [0.29, 0.717) is 10.6 Å². The first-order valence-corrected chi connectivity index (χ1v) is 7.71. The fraction of sp³-hybridized carbons (Fsp3) is 0.0769. The number of hydrogen-bond acceptors (Lipinski definition) is 6. The Morgan fingerprint density at radius 1 is 1.35 bits per heavy atom. The molecule has 0 saturated carbocycles. The molecule has 23 heavy (non-hydrogen) atoms. The Kier molecular flexibility index (Phi) is 7.00. The molecule has 1 amide bonds. The molecule has 1 aromatic carbocycles. The largest absolute Gasteiger partial charge is 1.00 e. The molecule has 0 bridgehead atoms. The molecule has 0 spiro atoms. The van der Waals surface area contributed by atoms with Gasteiger partial charge in [-0.15, -0.1) is 0 Å². The molecule has 0 atom stereocenters. The molecule has 2 rings (SSSR count). The molecule has 1 aromatic heterocycles. The number of halogens is 1. The molecule has 1 N–H and O–H groups in total. The third kappa shape index (κ3) is 5.45. The van der Waals surface area contributed by atoms with Crippen molar-refractivity contribution in [1.29, 1.82) is 0 Å². The summed E-state index contributed by atoms with van der Waals surface area (Å²) < 4.78 is 36.8. The summed E-state index contributed by atoms with van der Waals surface area (Å²) in [6.45, 7) is 1.81. The Hall–Kier alpha value is -1.16. The molecule has 0 saturated heterocycles. The average molecular weight is 365 g/mol. The van der Waals surface area contributed by atoms with Crippen molar-refractivity contribution in [1.82, 2.24) is 5.43 Å². The number of furan rings is 1. The van der Waals surface area contributed by atoms with Gasteiger partial charge in [-0.3, -0.25) is 4.79 Å². The first-order valence-electron chi connectivity index (χ1n) is 5.92. The van der Waals surface area contributed by atoms with Crippen molar-refractivity contribution < 1.29 is 51.7 Å². The predicted octanol–water partition coefficient (Wildman–Crippen LogP) is -1.09. The zero-order valence-corrected chi connectivity index (χ0v) is 15.8. The zero-order valence-electron chi connectivity index (χ0n) is 12.2. The van der Waals surface area contributed by atoms with Gasteiger partial charge in [0.2, 0.25) is 5.09 Å². The maximum atomic E-state index is 11.8. The van der Waals surface area contributed by atoms with Crippen LogP contribution in [0.2, 0.25) is 5.02 Å². The minimum Gasteiger partial charge on any atom is -0.742 e. The van der Waals surface area contributed by atoms with E-state index in [-0.39, 0.29) is 35.3 Å². The van der Waals surface area contributed by atoms with Crippen LogP contribution in [0.1, 0.15) is 21.7 Å². The van der Waals surface area contributed by atoms with Gasteiger partial charge in [-0.2, -0.15) is 5.10 Å². The van der Waals surface area contributed by atoms with E-state index < -0.39 is 21.1 Å². The van der Waals surface area contributed by atoms with Gasteiger partial charge in [-0.05, 0) is 36.8 Å². The molecule has 0 radical (unpaired) electrons. The average Bonchev–Trinajstić information content (AvgIpc) is 2.90. The third-order valence-electron chi connectivity index (χ3n) is 2.64. The van der Waals surface area contributed by atoms with Gasteiger partial charge in [0.05, 0.1) is 6.21 Å². The maximum Gasteiger partial charge on any atom is 1.00 e. The quantitative estimate of drug-likeness (QED) is 0.321. The van der Waals surface area contributed by atoms with E-state index in [1.54, 1.807) is 19.1 Å². The third-order valence-corrected chi connectivity index (χ3v) is 3.76. The minimum atomic E-state index is -4.66. The second-order valence-electron chi connectivity index (χ2n) is 4.27. The summed E-state index contributed by atoms with van der Waals surface area (Å²) >= 11 is 5.91. The van der Waals surface area contributed by atoms with Crippen LogP contribution in [0, 0.1) is 6.92 Å². The number of nitrogens with zero attached hydrogens (tertiary/aromatic N) is 1. The Labute approximate surface area is 159 Å². The van der Waals surface area contributed by atoms with Crippen molar-refractivity contribution in [2.24, 2.45) is 5.10 Å². The van der Waals surface area contributed by atoms with Crippen molar-refractivity contribution in [2.45, 2.75) is 12.0 Å². The minimum absolute atomic E-state index is 0. The van der Waals surface area contributed by atoms with E-state index in [9.17, 15) is 17.8 Å². The standard InChI is InChI=1S/C13H11ClN2O5S.Na/c1-8-2-3-9(6-11(8)14)13(17)16-15-7-10-4-5-12(21-10)22(18,19)20;/h2-7H,1H3,(H,16,17)(H,18,19,20);/q;+1/p-1. The fourth-order valence-corrected chi connectivity index (χ4v) is 2.10. The SMILES string of the molecule is Cc1ccc(C(=O)NN=Cc2ccc(S(=O)(=O)[O-])o2)cc1Cl.[Na+]. The van der Waals surface area contributed by atoms with Gasteiger partial charge in [0.25, 0.3) is 5.91 Å². The van der Waals surface area contributed by atoms with Crippen LogP contribution >= 0.6 is 11.6 Å². The van der Waals surface area contributed by atoms with Gasteiger partial charge in [-0.1, -0.05) is 17.7 Å². The molecule has 7 nitrogen and oxygen atoms in total. The summed E-state index contributed by atoms with van der Waals surface area (Å²) in [6.07, 6.45) is 1.07. The molecule has 0 fully saturated rings. The van der Waals surface area contributed by atoms with Crippen LogP contribution < -0.4 is 35.0 Å². The van der Waals surface area contributed by atoms with Gasteiger partial charge < -0.3 is 8.97 Å². The number of carbonyl (C=O) groups is 1. The summed E-state index contributed by atoms with van der Waals surface area (Å²) in [5.41, 5.74) is 3.38. The number of rotatable bonds is 4. The number of amides is 1. The van der Waals surface area contributed by atoms with Gasteiger partial charge in [0.1, 0.15) is 5.76 Å². The van der Waals surface area contributed by atoms with Gasteiger partial charge in [0, 0.05) is 10.6 Å². The van der Waals surface area contributed by atoms with Crippen molar-refractivity contribution >= 4 is 33.8 Å². The maximum absolute atomic E-state index is 11.8. The van der Waals surface area contributed by atoms with Gasteiger partial charge >= 0.3 is 29.6 Å². The van der Waals surface area contributed by atoms with Crippen molar-refractivity contribution in [3.05, 3.63) is 52.2 Å². The first kappa shape index (κ1) is 19.9.